The molecular formula is C17H18F3N3OS. The summed E-state index contributed by atoms with van der Waals surface area (Å²) in [5, 5.41) is 0.984. The molecule has 2 aliphatic carbocycles. The van der Waals surface area contributed by atoms with Crippen molar-refractivity contribution in [3.63, 3.8) is 0 Å². The van der Waals surface area contributed by atoms with E-state index in [0.29, 0.717) is 11.9 Å². The first-order valence-electron chi connectivity index (χ1n) is 8.48. The number of carbonyl (C=O) groups is 1. The summed E-state index contributed by atoms with van der Waals surface area (Å²) in [5.74, 6) is -1.14. The number of rotatable bonds is 4. The minimum Gasteiger partial charge on any atom is -0.356 e. The van der Waals surface area contributed by atoms with Crippen LogP contribution in [-0.4, -0.2) is 35.0 Å². The van der Waals surface area contributed by atoms with E-state index in [1.807, 2.05) is 11.9 Å². The lowest BCUT2D eigenvalue weighted by atomic mass is 9.97. The largest absolute Gasteiger partial charge is 0.450 e. The molecule has 8 heteroatoms. The molecule has 134 valence electrons. The zero-order valence-corrected chi connectivity index (χ0v) is 14.6. The van der Waals surface area contributed by atoms with Crippen LogP contribution in [0.1, 0.15) is 41.9 Å². The van der Waals surface area contributed by atoms with Crippen LogP contribution < -0.4 is 4.90 Å². The summed E-state index contributed by atoms with van der Waals surface area (Å²) in [6.07, 6.45) is 0.657. The van der Waals surface area contributed by atoms with Gasteiger partial charge in [-0.1, -0.05) is 0 Å². The van der Waals surface area contributed by atoms with Gasteiger partial charge in [-0.05, 0) is 44.1 Å². The van der Waals surface area contributed by atoms with Crippen LogP contribution in [0.2, 0.25) is 0 Å². The average Bonchev–Trinajstić information content (AvgIpc) is 3.33. The number of halogens is 3. The Kier molecular flexibility index (Phi) is 3.97. The lowest BCUT2D eigenvalue weighted by molar-refractivity contribution is -0.170. The fraction of sp³-hybridized carbons (Fsp3) is 0.588. The van der Waals surface area contributed by atoms with Gasteiger partial charge in [0.2, 0.25) is 5.78 Å². The van der Waals surface area contributed by atoms with Crippen LogP contribution in [-0.2, 0) is 24.1 Å². The fourth-order valence-corrected chi connectivity index (χ4v) is 4.67. The first kappa shape index (κ1) is 16.8. The number of fused-ring (bicyclic) bond motifs is 3. The minimum absolute atomic E-state index is 0.0316. The summed E-state index contributed by atoms with van der Waals surface area (Å²) in [4.78, 5) is 24.1. The molecule has 4 nitrogen and oxygen atoms in total. The molecule has 1 saturated carbocycles. The molecule has 0 atom stereocenters. The lowest BCUT2D eigenvalue weighted by Crippen LogP contribution is -2.26. The number of anilines is 1. The van der Waals surface area contributed by atoms with Crippen molar-refractivity contribution in [2.45, 2.75) is 57.2 Å². The van der Waals surface area contributed by atoms with Gasteiger partial charge in [0, 0.05) is 18.0 Å². The predicted molar refractivity (Wildman–Crippen MR) is 90.2 cm³/mol. The van der Waals surface area contributed by atoms with Crippen molar-refractivity contribution in [1.82, 2.24) is 9.97 Å². The topological polar surface area (TPSA) is 46.1 Å². The molecule has 0 aliphatic heterocycles. The molecule has 1 fully saturated rings. The first-order chi connectivity index (χ1) is 11.8. The average molecular weight is 369 g/mol. The quantitative estimate of drug-likeness (QED) is 0.821. The molecule has 0 saturated heterocycles. The van der Waals surface area contributed by atoms with Gasteiger partial charge < -0.3 is 4.90 Å². The van der Waals surface area contributed by atoms with Gasteiger partial charge in [0.05, 0.1) is 11.8 Å². The predicted octanol–water partition coefficient (Wildman–Crippen LogP) is 3.84. The number of aryl methyl sites for hydroxylation is 2. The zero-order chi connectivity index (χ0) is 17.8. The van der Waals surface area contributed by atoms with E-state index < -0.39 is 18.4 Å². The molecule has 0 spiro atoms. The highest BCUT2D eigenvalue weighted by Gasteiger charge is 2.39. The Labute approximate surface area is 147 Å². The molecule has 2 heterocycles. The maximum Gasteiger partial charge on any atom is 0.450 e. The summed E-state index contributed by atoms with van der Waals surface area (Å²) in [6, 6.07) is 0.378. The normalized spacial score (nSPS) is 17.6. The Balaban J connectivity index is 1.82. The van der Waals surface area contributed by atoms with E-state index in [4.69, 9.17) is 0 Å². The van der Waals surface area contributed by atoms with Gasteiger partial charge >= 0.3 is 6.18 Å². The van der Waals surface area contributed by atoms with Crippen molar-refractivity contribution < 1.29 is 18.0 Å². The van der Waals surface area contributed by atoms with Crippen LogP contribution in [0.5, 0.6) is 0 Å². The van der Waals surface area contributed by atoms with Gasteiger partial charge in [-0.15, -0.1) is 11.3 Å². The third-order valence-corrected chi connectivity index (χ3v) is 6.09. The molecular weight excluding hydrogens is 351 g/mol. The highest BCUT2D eigenvalue weighted by atomic mass is 32.1. The number of carbonyl (C=O) groups excluding carboxylic acids is 1. The molecule has 25 heavy (non-hydrogen) atoms. The van der Waals surface area contributed by atoms with Crippen molar-refractivity contribution in [1.29, 1.82) is 0 Å². The number of Topliss-reactive ketones (excluding diaryl/α,β-unsaturated/α-hetero) is 1. The number of thiophene rings is 1. The fourth-order valence-electron chi connectivity index (χ4n) is 3.39. The number of aromatic nitrogens is 2. The van der Waals surface area contributed by atoms with Crippen LogP contribution >= 0.6 is 11.3 Å². The van der Waals surface area contributed by atoms with Gasteiger partial charge in [0.15, 0.2) is 0 Å². The molecule has 2 aliphatic rings. The van der Waals surface area contributed by atoms with Crippen LogP contribution in [0.25, 0.3) is 10.2 Å². The molecule has 2 aromatic heterocycles. The second kappa shape index (κ2) is 5.93. The highest BCUT2D eigenvalue weighted by Crippen LogP contribution is 2.41. The van der Waals surface area contributed by atoms with Gasteiger partial charge in [-0.2, -0.15) is 13.2 Å². The van der Waals surface area contributed by atoms with Gasteiger partial charge in [0.1, 0.15) is 16.5 Å². The molecule has 4 rings (SSSR count). The van der Waals surface area contributed by atoms with Crippen molar-refractivity contribution >= 4 is 33.2 Å². The van der Waals surface area contributed by atoms with Crippen molar-refractivity contribution in [2.24, 2.45) is 0 Å². The number of hydrogen-bond acceptors (Lipinski definition) is 5. The Morgan fingerprint density at radius 1 is 1.24 bits per heavy atom. The number of hydrogen-bond donors (Lipinski definition) is 0. The SMILES string of the molecule is CN(c1nc(CC(=O)C(F)(F)F)nc2sc3c(c12)CCCC3)C1CC1. The van der Waals surface area contributed by atoms with E-state index in [2.05, 4.69) is 9.97 Å². The van der Waals surface area contributed by atoms with Crippen LogP contribution in [0, 0.1) is 0 Å². The minimum atomic E-state index is -4.85. The van der Waals surface area contributed by atoms with E-state index in [9.17, 15) is 18.0 Å². The molecule has 0 N–H and O–H groups in total. The standard InChI is InChI=1S/C17H18F3N3OS/c1-23(9-6-7-9)15-14-10-4-2-3-5-11(10)25-16(14)22-13(21-15)8-12(24)17(18,19)20/h9H,2-8H2,1H3. The van der Waals surface area contributed by atoms with Gasteiger partial charge in [0.25, 0.3) is 0 Å². The van der Waals surface area contributed by atoms with Crippen LogP contribution in [0.4, 0.5) is 19.0 Å². The first-order valence-corrected chi connectivity index (χ1v) is 9.30. The Morgan fingerprint density at radius 3 is 2.64 bits per heavy atom. The lowest BCUT2D eigenvalue weighted by Gasteiger charge is -2.20. The van der Waals surface area contributed by atoms with E-state index in [0.717, 1.165) is 48.7 Å². The van der Waals surface area contributed by atoms with E-state index >= 15 is 0 Å². The zero-order valence-electron chi connectivity index (χ0n) is 13.8. The Morgan fingerprint density at radius 2 is 1.96 bits per heavy atom. The number of nitrogens with zero attached hydrogens (tertiary/aromatic N) is 3. The summed E-state index contributed by atoms with van der Waals surface area (Å²) in [6.45, 7) is 0. The second-order valence-electron chi connectivity index (χ2n) is 6.79. The van der Waals surface area contributed by atoms with Gasteiger partial charge in [-0.3, -0.25) is 4.79 Å². The summed E-state index contributed by atoms with van der Waals surface area (Å²) >= 11 is 1.54. The summed E-state index contributed by atoms with van der Waals surface area (Å²) < 4.78 is 37.9. The van der Waals surface area contributed by atoms with Crippen molar-refractivity contribution in [2.75, 3.05) is 11.9 Å². The number of alkyl halides is 3. The molecule has 0 aromatic carbocycles. The van der Waals surface area contributed by atoms with Crippen LogP contribution in [0.15, 0.2) is 0 Å². The van der Waals surface area contributed by atoms with E-state index in [-0.39, 0.29) is 5.82 Å². The molecule has 2 aromatic rings. The summed E-state index contributed by atoms with van der Waals surface area (Å²) in [5.41, 5.74) is 1.25. The van der Waals surface area contributed by atoms with Crippen LogP contribution in [0.3, 0.4) is 0 Å². The molecule has 0 amide bonds. The van der Waals surface area contributed by atoms with E-state index in [1.54, 1.807) is 11.3 Å². The maximum atomic E-state index is 12.6. The molecule has 0 unspecified atom stereocenters. The monoisotopic (exact) mass is 369 g/mol. The molecule has 0 bridgehead atoms. The Bertz CT molecular complexity index is 842. The van der Waals surface area contributed by atoms with Crippen molar-refractivity contribution in [3.05, 3.63) is 16.3 Å². The molecule has 0 radical (unpaired) electrons. The third kappa shape index (κ3) is 3.12. The summed E-state index contributed by atoms with van der Waals surface area (Å²) in [7, 11) is 1.93. The Hall–Kier alpha value is -1.70. The smallest absolute Gasteiger partial charge is 0.356 e. The number of ketones is 1. The van der Waals surface area contributed by atoms with Crippen molar-refractivity contribution in [3.8, 4) is 0 Å². The second-order valence-corrected chi connectivity index (χ2v) is 7.88. The maximum absolute atomic E-state index is 12.6. The van der Waals surface area contributed by atoms with Gasteiger partial charge in [-0.25, -0.2) is 9.97 Å². The highest BCUT2D eigenvalue weighted by molar-refractivity contribution is 7.19. The third-order valence-electron chi connectivity index (χ3n) is 4.91. The van der Waals surface area contributed by atoms with E-state index in [1.165, 1.54) is 10.4 Å².